The molecule has 0 saturated heterocycles. The number of unbranched alkanes of at least 4 members (excludes halogenated alkanes) is 1. The fourth-order valence-electron chi connectivity index (χ4n) is 2.02. The lowest BCUT2D eigenvalue weighted by molar-refractivity contribution is 0.240. The van der Waals surface area contributed by atoms with E-state index in [1.807, 2.05) is 6.07 Å². The fraction of sp³-hybridized carbons (Fsp3) is 0.562. The second-order valence-corrected chi connectivity index (χ2v) is 4.81. The van der Waals surface area contributed by atoms with Gasteiger partial charge in [0.1, 0.15) is 0 Å². The molecule has 0 aliphatic heterocycles. The summed E-state index contributed by atoms with van der Waals surface area (Å²) in [6, 6.07) is 10.3. The third kappa shape index (κ3) is 6.45. The van der Waals surface area contributed by atoms with Gasteiger partial charge in [0.15, 0.2) is 0 Å². The summed E-state index contributed by atoms with van der Waals surface area (Å²) in [5.41, 5.74) is 1.24. The molecule has 0 bridgehead atoms. The predicted molar refractivity (Wildman–Crippen MR) is 85.3 cm³/mol. The second-order valence-electron chi connectivity index (χ2n) is 4.81. The molecule has 0 saturated carbocycles. The number of carbonyl (C=O) groups excluding carboxylic acids is 1. The number of anilines is 1. The van der Waals surface area contributed by atoms with Crippen molar-refractivity contribution in [3.63, 3.8) is 0 Å². The highest BCUT2D eigenvalue weighted by Gasteiger charge is 2.03. The minimum absolute atomic E-state index is 0.0544. The van der Waals surface area contributed by atoms with Gasteiger partial charge < -0.3 is 15.5 Å². The van der Waals surface area contributed by atoms with E-state index >= 15 is 0 Å². The largest absolute Gasteiger partial charge is 0.372 e. The Morgan fingerprint density at radius 1 is 1.05 bits per heavy atom. The van der Waals surface area contributed by atoms with Crippen LogP contribution in [0.25, 0.3) is 0 Å². The van der Waals surface area contributed by atoms with Gasteiger partial charge in [-0.1, -0.05) is 31.5 Å². The third-order valence-electron chi connectivity index (χ3n) is 3.21. The number of amides is 2. The monoisotopic (exact) mass is 277 g/mol. The van der Waals surface area contributed by atoms with Gasteiger partial charge in [-0.05, 0) is 31.9 Å². The van der Waals surface area contributed by atoms with E-state index in [-0.39, 0.29) is 6.03 Å². The third-order valence-corrected chi connectivity index (χ3v) is 3.21. The van der Waals surface area contributed by atoms with Crippen molar-refractivity contribution in [2.45, 2.75) is 33.1 Å². The summed E-state index contributed by atoms with van der Waals surface area (Å²) in [5.74, 6) is 0. The lowest BCUT2D eigenvalue weighted by atomic mass is 10.2. The van der Waals surface area contributed by atoms with E-state index in [2.05, 4.69) is 53.6 Å². The smallest absolute Gasteiger partial charge is 0.314 e. The minimum atomic E-state index is -0.0544. The van der Waals surface area contributed by atoms with E-state index in [0.29, 0.717) is 6.54 Å². The van der Waals surface area contributed by atoms with E-state index in [1.165, 1.54) is 5.69 Å². The summed E-state index contributed by atoms with van der Waals surface area (Å²) >= 11 is 0. The van der Waals surface area contributed by atoms with Crippen LogP contribution >= 0.6 is 0 Å². The lowest BCUT2D eigenvalue weighted by Gasteiger charge is -2.23. The van der Waals surface area contributed by atoms with E-state index in [1.54, 1.807) is 0 Å². The van der Waals surface area contributed by atoms with Crippen LogP contribution in [0.15, 0.2) is 30.3 Å². The molecule has 0 radical (unpaired) electrons. The normalized spacial score (nSPS) is 10.1. The van der Waals surface area contributed by atoms with Gasteiger partial charge in [0, 0.05) is 31.9 Å². The van der Waals surface area contributed by atoms with Gasteiger partial charge in [0.2, 0.25) is 0 Å². The van der Waals surface area contributed by atoms with Gasteiger partial charge in [-0.25, -0.2) is 4.79 Å². The SMILES string of the molecule is CCCCNC(=O)NCCCN(CC)c1ccccc1. The molecule has 1 aromatic rings. The number of carbonyl (C=O) groups is 1. The maximum absolute atomic E-state index is 11.5. The van der Waals surface area contributed by atoms with Gasteiger partial charge in [-0.15, -0.1) is 0 Å². The van der Waals surface area contributed by atoms with Crippen LogP contribution in [-0.2, 0) is 0 Å². The molecule has 4 nitrogen and oxygen atoms in total. The van der Waals surface area contributed by atoms with Crippen molar-refractivity contribution in [2.24, 2.45) is 0 Å². The van der Waals surface area contributed by atoms with Crippen LogP contribution in [0.1, 0.15) is 33.1 Å². The zero-order valence-electron chi connectivity index (χ0n) is 12.7. The number of nitrogens with zero attached hydrogens (tertiary/aromatic N) is 1. The highest BCUT2D eigenvalue weighted by Crippen LogP contribution is 2.12. The molecule has 1 rings (SSSR count). The zero-order chi connectivity index (χ0) is 14.6. The van der Waals surface area contributed by atoms with Crippen LogP contribution in [0, 0.1) is 0 Å². The first-order valence-corrected chi connectivity index (χ1v) is 7.59. The van der Waals surface area contributed by atoms with Crippen LogP contribution in [0.2, 0.25) is 0 Å². The molecule has 0 aliphatic carbocycles. The van der Waals surface area contributed by atoms with Crippen molar-refractivity contribution in [3.8, 4) is 0 Å². The molecule has 4 heteroatoms. The maximum atomic E-state index is 11.5. The molecule has 0 aromatic heterocycles. The summed E-state index contributed by atoms with van der Waals surface area (Å²) in [7, 11) is 0. The molecule has 0 heterocycles. The van der Waals surface area contributed by atoms with E-state index < -0.39 is 0 Å². The molecule has 2 amide bonds. The second kappa shape index (κ2) is 10.1. The highest BCUT2D eigenvalue weighted by molar-refractivity contribution is 5.73. The summed E-state index contributed by atoms with van der Waals surface area (Å²) in [5, 5.41) is 5.75. The van der Waals surface area contributed by atoms with E-state index in [0.717, 1.165) is 38.9 Å². The summed E-state index contributed by atoms with van der Waals surface area (Å²) in [6.45, 7) is 7.66. The van der Waals surface area contributed by atoms with Crippen LogP contribution in [-0.4, -0.2) is 32.2 Å². The predicted octanol–water partition coefficient (Wildman–Crippen LogP) is 3.00. The number of hydrogen-bond donors (Lipinski definition) is 2. The van der Waals surface area contributed by atoms with Gasteiger partial charge in [-0.2, -0.15) is 0 Å². The van der Waals surface area contributed by atoms with Gasteiger partial charge in [0.25, 0.3) is 0 Å². The summed E-state index contributed by atoms with van der Waals surface area (Å²) in [4.78, 5) is 13.8. The number of hydrogen-bond acceptors (Lipinski definition) is 2. The molecule has 2 N–H and O–H groups in total. The average Bonchev–Trinajstić information content (AvgIpc) is 2.48. The Labute approximate surface area is 122 Å². The number of urea groups is 1. The number of benzene rings is 1. The quantitative estimate of drug-likeness (QED) is 0.682. The molecule has 112 valence electrons. The topological polar surface area (TPSA) is 44.4 Å². The average molecular weight is 277 g/mol. The Balaban J connectivity index is 2.17. The van der Waals surface area contributed by atoms with Crippen LogP contribution < -0.4 is 15.5 Å². The molecule has 20 heavy (non-hydrogen) atoms. The molecule has 0 atom stereocenters. The van der Waals surface area contributed by atoms with E-state index in [9.17, 15) is 4.79 Å². The van der Waals surface area contributed by atoms with Crippen molar-refractivity contribution in [1.82, 2.24) is 10.6 Å². The van der Waals surface area contributed by atoms with Crippen molar-refractivity contribution >= 4 is 11.7 Å². The minimum Gasteiger partial charge on any atom is -0.372 e. The van der Waals surface area contributed by atoms with Gasteiger partial charge >= 0.3 is 6.03 Å². The Bertz CT molecular complexity index is 367. The zero-order valence-corrected chi connectivity index (χ0v) is 12.7. The van der Waals surface area contributed by atoms with Crippen LogP contribution in [0.4, 0.5) is 10.5 Å². The molecular formula is C16H27N3O. The van der Waals surface area contributed by atoms with Crippen LogP contribution in [0.3, 0.4) is 0 Å². The Hall–Kier alpha value is -1.71. The molecule has 1 aromatic carbocycles. The molecular weight excluding hydrogens is 250 g/mol. The Morgan fingerprint density at radius 3 is 2.30 bits per heavy atom. The first kappa shape index (κ1) is 16.3. The Kier molecular flexibility index (Phi) is 8.27. The number of nitrogens with one attached hydrogen (secondary N) is 2. The first-order chi connectivity index (χ1) is 9.77. The van der Waals surface area contributed by atoms with Gasteiger partial charge in [0.05, 0.1) is 0 Å². The van der Waals surface area contributed by atoms with Crippen LogP contribution in [0.5, 0.6) is 0 Å². The number of rotatable bonds is 9. The molecule has 0 aliphatic rings. The Morgan fingerprint density at radius 2 is 1.70 bits per heavy atom. The molecule has 0 unspecified atom stereocenters. The lowest BCUT2D eigenvalue weighted by Crippen LogP contribution is -2.37. The van der Waals surface area contributed by atoms with E-state index in [4.69, 9.17) is 0 Å². The molecule has 0 spiro atoms. The maximum Gasteiger partial charge on any atom is 0.314 e. The highest BCUT2D eigenvalue weighted by atomic mass is 16.2. The fourth-order valence-corrected chi connectivity index (χ4v) is 2.02. The van der Waals surface area contributed by atoms with Gasteiger partial charge in [-0.3, -0.25) is 0 Å². The van der Waals surface area contributed by atoms with Crippen molar-refractivity contribution in [1.29, 1.82) is 0 Å². The summed E-state index contributed by atoms with van der Waals surface area (Å²) < 4.78 is 0. The summed E-state index contributed by atoms with van der Waals surface area (Å²) in [6.07, 6.45) is 3.08. The number of para-hydroxylation sites is 1. The molecule has 0 fully saturated rings. The first-order valence-electron chi connectivity index (χ1n) is 7.59. The van der Waals surface area contributed by atoms with Crippen molar-refractivity contribution < 1.29 is 4.79 Å². The van der Waals surface area contributed by atoms with Crippen molar-refractivity contribution in [2.75, 3.05) is 31.1 Å². The standard InChI is InChI=1S/C16H27N3O/c1-3-5-12-17-16(20)18-13-9-14-19(4-2)15-10-7-6-8-11-15/h6-8,10-11H,3-5,9,12-14H2,1-2H3,(H2,17,18,20). The van der Waals surface area contributed by atoms with Crippen molar-refractivity contribution in [3.05, 3.63) is 30.3 Å².